The van der Waals surface area contributed by atoms with E-state index in [1.54, 1.807) is 30.5 Å². The molecule has 0 saturated carbocycles. The fourth-order valence-electron chi connectivity index (χ4n) is 4.08. The molecular formula is C21H23N5O5. The highest BCUT2D eigenvalue weighted by atomic mass is 16.5. The van der Waals surface area contributed by atoms with E-state index in [-0.39, 0.29) is 12.8 Å². The van der Waals surface area contributed by atoms with Crippen LogP contribution >= 0.6 is 0 Å². The van der Waals surface area contributed by atoms with Crippen molar-refractivity contribution in [3.63, 3.8) is 0 Å². The largest absolute Gasteiger partial charge is 0.448 e. The van der Waals surface area contributed by atoms with Crippen molar-refractivity contribution in [3.05, 3.63) is 53.6 Å². The van der Waals surface area contributed by atoms with Gasteiger partial charge in [-0.15, -0.1) is 0 Å². The number of fused-ring (bicyclic) bond motifs is 1. The first-order valence-electron chi connectivity index (χ1n) is 10.1. The number of carbonyl (C=O) groups is 4. The van der Waals surface area contributed by atoms with Crippen LogP contribution in [0.4, 0.5) is 0 Å². The molecule has 10 nitrogen and oxygen atoms in total. The zero-order valence-electron chi connectivity index (χ0n) is 16.7. The van der Waals surface area contributed by atoms with Crippen molar-refractivity contribution in [2.75, 3.05) is 6.54 Å². The van der Waals surface area contributed by atoms with Gasteiger partial charge in [0.25, 0.3) is 5.91 Å². The third kappa shape index (κ3) is 4.27. The summed E-state index contributed by atoms with van der Waals surface area (Å²) in [5.41, 5.74) is 7.15. The Hall–Kier alpha value is -3.69. The third-order valence-electron chi connectivity index (χ3n) is 5.63. The highest BCUT2D eigenvalue weighted by Crippen LogP contribution is 2.22. The number of likely N-dealkylation sites (tertiary alicyclic amines) is 1. The van der Waals surface area contributed by atoms with E-state index in [0.29, 0.717) is 36.2 Å². The number of primary amides is 1. The van der Waals surface area contributed by atoms with Gasteiger partial charge < -0.3 is 25.7 Å². The summed E-state index contributed by atoms with van der Waals surface area (Å²) in [6, 6.07) is 5.24. The normalized spacial score (nSPS) is 21.2. The summed E-state index contributed by atoms with van der Waals surface area (Å²) >= 11 is 0. The highest BCUT2D eigenvalue weighted by molar-refractivity contribution is 5.97. The number of benzene rings is 1. The van der Waals surface area contributed by atoms with E-state index in [0.717, 1.165) is 0 Å². The highest BCUT2D eigenvalue weighted by Gasteiger charge is 2.39. The molecular weight excluding hydrogens is 402 g/mol. The molecule has 3 heterocycles. The van der Waals surface area contributed by atoms with Crippen LogP contribution in [-0.2, 0) is 32.0 Å². The number of nitrogens with two attached hydrogens (primary N) is 1. The number of imidazole rings is 1. The number of esters is 1. The molecule has 2 aliphatic rings. The predicted molar refractivity (Wildman–Crippen MR) is 108 cm³/mol. The molecule has 4 N–H and O–H groups in total. The zero-order chi connectivity index (χ0) is 22.0. The average molecular weight is 425 g/mol. The van der Waals surface area contributed by atoms with E-state index >= 15 is 0 Å². The number of cyclic esters (lactones) is 1. The molecule has 1 aromatic heterocycles. The van der Waals surface area contributed by atoms with Crippen molar-refractivity contribution < 1.29 is 23.9 Å². The summed E-state index contributed by atoms with van der Waals surface area (Å²) in [7, 11) is 0. The Kier molecular flexibility index (Phi) is 5.70. The van der Waals surface area contributed by atoms with Crippen LogP contribution in [0, 0.1) is 0 Å². The van der Waals surface area contributed by atoms with Crippen LogP contribution in [0.2, 0.25) is 0 Å². The van der Waals surface area contributed by atoms with Crippen molar-refractivity contribution in [2.45, 2.75) is 43.9 Å². The van der Waals surface area contributed by atoms with Crippen molar-refractivity contribution in [1.82, 2.24) is 20.2 Å². The van der Waals surface area contributed by atoms with Gasteiger partial charge in [0.15, 0.2) is 6.10 Å². The fourth-order valence-corrected chi connectivity index (χ4v) is 4.08. The molecule has 0 bridgehead atoms. The van der Waals surface area contributed by atoms with Crippen molar-refractivity contribution in [2.24, 2.45) is 5.73 Å². The summed E-state index contributed by atoms with van der Waals surface area (Å²) in [4.78, 5) is 58.5. The minimum absolute atomic E-state index is 0.118. The van der Waals surface area contributed by atoms with E-state index in [9.17, 15) is 19.2 Å². The predicted octanol–water partition coefficient (Wildman–Crippen LogP) is -0.305. The summed E-state index contributed by atoms with van der Waals surface area (Å²) in [5, 5.41) is 2.70. The number of aromatic nitrogens is 2. The number of amides is 3. The maximum absolute atomic E-state index is 13.2. The molecule has 162 valence electrons. The number of hydrogen-bond donors (Lipinski definition) is 3. The number of H-pyrrole nitrogens is 1. The van der Waals surface area contributed by atoms with Crippen LogP contribution < -0.4 is 11.1 Å². The standard InChI is InChI=1S/C21H23N5O5/c22-18(27)16-6-3-7-26(16)20(29)15(9-13-10-23-11-24-13)25-19(28)17-8-12-4-1-2-5-14(12)21(30)31-17/h1-2,4-5,10-11,15-17H,3,6-9H2,(H2,22,27)(H,23,24)(H,25,28)/t15-,16-,17?/m0/s1. The number of nitrogens with one attached hydrogen (secondary N) is 2. The van der Waals surface area contributed by atoms with Crippen LogP contribution in [0.3, 0.4) is 0 Å². The van der Waals surface area contributed by atoms with Gasteiger partial charge >= 0.3 is 5.97 Å². The van der Waals surface area contributed by atoms with Crippen LogP contribution in [0.25, 0.3) is 0 Å². The Labute approximate surface area is 178 Å². The lowest BCUT2D eigenvalue weighted by molar-refractivity contribution is -0.142. The SMILES string of the molecule is NC(=O)[C@@H]1CCCN1C(=O)[C@H](Cc1c[nH]cn1)NC(=O)C1Cc2ccccc2C(=O)O1. The first-order chi connectivity index (χ1) is 14.9. The van der Waals surface area contributed by atoms with E-state index < -0.39 is 41.9 Å². The first-order valence-corrected chi connectivity index (χ1v) is 10.1. The second kappa shape index (κ2) is 8.58. The van der Waals surface area contributed by atoms with Crippen LogP contribution in [0.15, 0.2) is 36.8 Å². The smallest absolute Gasteiger partial charge is 0.339 e. The molecule has 3 amide bonds. The summed E-state index contributed by atoms with van der Waals surface area (Å²) in [5.74, 6) is -2.15. The van der Waals surface area contributed by atoms with Crippen LogP contribution in [0.1, 0.15) is 34.5 Å². The quantitative estimate of drug-likeness (QED) is 0.541. The van der Waals surface area contributed by atoms with Crippen molar-refractivity contribution >= 4 is 23.7 Å². The Bertz CT molecular complexity index is 1010. The Balaban J connectivity index is 1.52. The molecule has 4 rings (SSSR count). The number of aromatic amines is 1. The molecule has 0 aliphatic carbocycles. The fraction of sp³-hybridized carbons (Fsp3) is 0.381. The maximum Gasteiger partial charge on any atom is 0.339 e. The van der Waals surface area contributed by atoms with Gasteiger partial charge in [0.05, 0.1) is 17.6 Å². The van der Waals surface area contributed by atoms with Crippen LogP contribution in [-0.4, -0.2) is 63.3 Å². The molecule has 31 heavy (non-hydrogen) atoms. The number of nitrogens with zero attached hydrogens (tertiary/aromatic N) is 2. The van der Waals surface area contributed by atoms with Gasteiger partial charge in [0.1, 0.15) is 12.1 Å². The van der Waals surface area contributed by atoms with Gasteiger partial charge in [-0.1, -0.05) is 18.2 Å². The molecule has 2 aromatic rings. The molecule has 0 radical (unpaired) electrons. The summed E-state index contributed by atoms with van der Waals surface area (Å²) in [6.45, 7) is 0.380. The lowest BCUT2D eigenvalue weighted by Gasteiger charge is -2.29. The summed E-state index contributed by atoms with van der Waals surface area (Å²) in [6.07, 6.45) is 3.51. The van der Waals surface area contributed by atoms with E-state index in [1.807, 2.05) is 0 Å². The molecule has 3 atom stereocenters. The third-order valence-corrected chi connectivity index (χ3v) is 5.63. The van der Waals surface area contributed by atoms with Gasteiger partial charge in [0.2, 0.25) is 11.8 Å². The van der Waals surface area contributed by atoms with E-state index in [4.69, 9.17) is 10.5 Å². The van der Waals surface area contributed by atoms with Gasteiger partial charge in [-0.05, 0) is 24.5 Å². The minimum Gasteiger partial charge on any atom is -0.448 e. The number of carbonyl (C=O) groups excluding carboxylic acids is 4. The van der Waals surface area contributed by atoms with Gasteiger partial charge in [0, 0.05) is 25.6 Å². The topological polar surface area (TPSA) is 147 Å². The maximum atomic E-state index is 13.2. The van der Waals surface area contributed by atoms with Gasteiger partial charge in [-0.3, -0.25) is 14.4 Å². The lowest BCUT2D eigenvalue weighted by Crippen LogP contribution is -2.55. The van der Waals surface area contributed by atoms with Gasteiger partial charge in [-0.2, -0.15) is 0 Å². The van der Waals surface area contributed by atoms with Crippen molar-refractivity contribution in [3.8, 4) is 0 Å². The molecule has 0 spiro atoms. The minimum atomic E-state index is -1.05. The Morgan fingerprint density at radius 1 is 1.32 bits per heavy atom. The molecule has 2 aliphatic heterocycles. The van der Waals surface area contributed by atoms with Gasteiger partial charge in [-0.25, -0.2) is 9.78 Å². The molecule has 1 unspecified atom stereocenters. The lowest BCUT2D eigenvalue weighted by atomic mass is 9.98. The molecule has 1 saturated heterocycles. The van der Waals surface area contributed by atoms with Crippen LogP contribution in [0.5, 0.6) is 0 Å². The number of rotatable bonds is 6. The molecule has 1 aromatic carbocycles. The van der Waals surface area contributed by atoms with E-state index in [2.05, 4.69) is 15.3 Å². The zero-order valence-corrected chi connectivity index (χ0v) is 16.7. The average Bonchev–Trinajstić information content (AvgIpc) is 3.45. The Morgan fingerprint density at radius 3 is 2.87 bits per heavy atom. The molecule has 1 fully saturated rings. The first kappa shape index (κ1) is 20.6. The number of ether oxygens (including phenoxy) is 1. The van der Waals surface area contributed by atoms with E-state index in [1.165, 1.54) is 11.2 Å². The Morgan fingerprint density at radius 2 is 2.13 bits per heavy atom. The second-order valence-corrected chi connectivity index (χ2v) is 7.67. The second-order valence-electron chi connectivity index (χ2n) is 7.67. The molecule has 10 heteroatoms. The summed E-state index contributed by atoms with van der Waals surface area (Å²) < 4.78 is 5.30. The number of hydrogen-bond acceptors (Lipinski definition) is 6. The van der Waals surface area contributed by atoms with Crippen molar-refractivity contribution in [1.29, 1.82) is 0 Å². The monoisotopic (exact) mass is 425 g/mol.